The van der Waals surface area contributed by atoms with Gasteiger partial charge in [0.25, 0.3) is 0 Å². The first kappa shape index (κ1) is 22.3. The Bertz CT molecular complexity index is 961. The number of amides is 1. The van der Waals surface area contributed by atoms with Crippen LogP contribution in [0.25, 0.3) is 0 Å². The molecule has 0 aliphatic carbocycles. The maximum atomic E-state index is 13.2. The predicted molar refractivity (Wildman–Crippen MR) is 122 cm³/mol. The first-order valence-electron chi connectivity index (χ1n) is 10.6. The Kier molecular flexibility index (Phi) is 6.86. The molecule has 2 aromatic carbocycles. The Morgan fingerprint density at radius 2 is 1.63 bits per heavy atom. The van der Waals surface area contributed by atoms with E-state index in [-0.39, 0.29) is 5.91 Å². The molecule has 30 heavy (non-hydrogen) atoms. The van der Waals surface area contributed by atoms with Gasteiger partial charge in [0, 0.05) is 13.1 Å². The molecule has 1 fully saturated rings. The zero-order chi connectivity index (χ0) is 21.9. The van der Waals surface area contributed by atoms with Gasteiger partial charge in [0.2, 0.25) is 15.9 Å². The first-order valence-corrected chi connectivity index (χ1v) is 12.4. The summed E-state index contributed by atoms with van der Waals surface area (Å²) >= 11 is 0. The lowest BCUT2D eigenvalue weighted by atomic mass is 9.90. The number of carbonyl (C=O) groups excluding carboxylic acids is 1. The van der Waals surface area contributed by atoms with Crippen LogP contribution in [0.5, 0.6) is 0 Å². The second-order valence-electron chi connectivity index (χ2n) is 8.54. The van der Waals surface area contributed by atoms with Gasteiger partial charge in [-0.25, -0.2) is 8.42 Å². The number of likely N-dealkylation sites (tertiary alicyclic amines) is 1. The van der Waals surface area contributed by atoms with Gasteiger partial charge >= 0.3 is 0 Å². The van der Waals surface area contributed by atoms with Gasteiger partial charge in [0.05, 0.1) is 11.9 Å². The van der Waals surface area contributed by atoms with E-state index in [2.05, 4.69) is 24.3 Å². The van der Waals surface area contributed by atoms with Gasteiger partial charge in [-0.15, -0.1) is 0 Å². The highest BCUT2D eigenvalue weighted by molar-refractivity contribution is 7.92. The van der Waals surface area contributed by atoms with E-state index in [1.165, 1.54) is 16.1 Å². The predicted octanol–water partition coefficient (Wildman–Crippen LogP) is 3.94. The van der Waals surface area contributed by atoms with Crippen molar-refractivity contribution in [1.82, 2.24) is 4.90 Å². The molecule has 1 aliphatic heterocycles. The van der Waals surface area contributed by atoms with E-state index in [4.69, 9.17) is 0 Å². The molecule has 1 amide bonds. The van der Waals surface area contributed by atoms with Crippen molar-refractivity contribution in [2.24, 2.45) is 5.92 Å². The Balaban J connectivity index is 1.70. The summed E-state index contributed by atoms with van der Waals surface area (Å²) < 4.78 is 26.5. The lowest BCUT2D eigenvalue weighted by molar-refractivity contribution is -0.133. The van der Waals surface area contributed by atoms with Crippen molar-refractivity contribution in [2.45, 2.75) is 46.1 Å². The Morgan fingerprint density at radius 1 is 1.07 bits per heavy atom. The number of hydrogen-bond donors (Lipinski definition) is 0. The van der Waals surface area contributed by atoms with Gasteiger partial charge in [-0.05, 0) is 74.8 Å². The fourth-order valence-corrected chi connectivity index (χ4v) is 5.60. The third-order valence-corrected chi connectivity index (χ3v) is 7.06. The normalized spacial score (nSPS) is 16.3. The quantitative estimate of drug-likeness (QED) is 0.700. The van der Waals surface area contributed by atoms with Gasteiger partial charge < -0.3 is 4.90 Å². The van der Waals surface area contributed by atoms with Gasteiger partial charge in [-0.1, -0.05) is 36.4 Å². The minimum absolute atomic E-state index is 0.127. The molecule has 5 nitrogen and oxygen atoms in total. The van der Waals surface area contributed by atoms with Crippen molar-refractivity contribution in [3.63, 3.8) is 0 Å². The monoisotopic (exact) mass is 428 g/mol. The van der Waals surface area contributed by atoms with Crippen LogP contribution < -0.4 is 4.31 Å². The molecule has 0 radical (unpaired) electrons. The molecule has 1 saturated heterocycles. The van der Waals surface area contributed by atoms with Crippen LogP contribution in [0.1, 0.15) is 36.5 Å². The van der Waals surface area contributed by atoms with Crippen LogP contribution in [0.2, 0.25) is 0 Å². The molecule has 0 spiro atoms. The molecule has 1 aliphatic rings. The van der Waals surface area contributed by atoms with E-state index in [0.717, 1.165) is 30.4 Å². The molecule has 2 aromatic rings. The van der Waals surface area contributed by atoms with Gasteiger partial charge in [0.1, 0.15) is 6.04 Å². The summed E-state index contributed by atoms with van der Waals surface area (Å²) in [6.07, 6.45) is 4.07. The lowest BCUT2D eigenvalue weighted by Gasteiger charge is -2.36. The van der Waals surface area contributed by atoms with E-state index in [1.807, 2.05) is 43.0 Å². The number of rotatable bonds is 6. The molecule has 162 valence electrons. The van der Waals surface area contributed by atoms with Crippen molar-refractivity contribution in [3.8, 4) is 0 Å². The number of benzene rings is 2. The summed E-state index contributed by atoms with van der Waals surface area (Å²) in [4.78, 5) is 15.0. The molecule has 0 N–H and O–H groups in total. The van der Waals surface area contributed by atoms with E-state index < -0.39 is 16.1 Å². The minimum Gasteiger partial charge on any atom is -0.341 e. The molecule has 0 saturated carbocycles. The summed E-state index contributed by atoms with van der Waals surface area (Å²) in [5.41, 5.74) is 3.82. The summed E-state index contributed by atoms with van der Waals surface area (Å²) in [6, 6.07) is 15.3. The van der Waals surface area contributed by atoms with Crippen LogP contribution in [0.15, 0.2) is 48.5 Å². The topological polar surface area (TPSA) is 57.7 Å². The minimum atomic E-state index is -3.60. The number of nitrogens with zero attached hydrogens (tertiary/aromatic N) is 2. The highest BCUT2D eigenvalue weighted by atomic mass is 32.2. The SMILES string of the molecule is Cc1cc(C)cc(N([C@@H](C)C(=O)N2CCC(Cc3ccccc3)CC2)S(C)(=O)=O)c1. The van der Waals surface area contributed by atoms with Crippen molar-refractivity contribution in [1.29, 1.82) is 0 Å². The maximum absolute atomic E-state index is 13.2. The molecular weight excluding hydrogens is 396 g/mol. The number of hydrogen-bond acceptors (Lipinski definition) is 3. The average molecular weight is 429 g/mol. The van der Waals surface area contributed by atoms with Crippen LogP contribution in [-0.4, -0.2) is 44.6 Å². The maximum Gasteiger partial charge on any atom is 0.246 e. The van der Waals surface area contributed by atoms with E-state index in [0.29, 0.717) is 24.7 Å². The second kappa shape index (κ2) is 9.21. The first-order chi connectivity index (χ1) is 14.1. The van der Waals surface area contributed by atoms with Crippen molar-refractivity contribution in [2.75, 3.05) is 23.7 Å². The third kappa shape index (κ3) is 5.42. The zero-order valence-electron chi connectivity index (χ0n) is 18.3. The molecule has 1 atom stereocenters. The molecule has 0 bridgehead atoms. The molecule has 1 heterocycles. The molecule has 6 heteroatoms. The standard InChI is InChI=1S/C24H32N2O3S/c1-18-14-19(2)16-23(15-18)26(30(4,28)29)20(3)24(27)25-12-10-22(11-13-25)17-21-8-6-5-7-9-21/h5-9,14-16,20,22H,10-13,17H2,1-4H3/t20-/m0/s1. The zero-order valence-corrected chi connectivity index (χ0v) is 19.2. The van der Waals surface area contributed by atoms with E-state index in [9.17, 15) is 13.2 Å². The Labute approximate surface area is 180 Å². The number of piperidine rings is 1. The Morgan fingerprint density at radius 3 is 2.17 bits per heavy atom. The summed E-state index contributed by atoms with van der Waals surface area (Å²) in [5.74, 6) is 0.426. The molecule has 0 aromatic heterocycles. The van der Waals surface area contributed by atoms with Crippen LogP contribution in [0.3, 0.4) is 0 Å². The van der Waals surface area contributed by atoms with E-state index >= 15 is 0 Å². The molecule has 3 rings (SSSR count). The van der Waals surface area contributed by atoms with Crippen molar-refractivity contribution < 1.29 is 13.2 Å². The highest BCUT2D eigenvalue weighted by Crippen LogP contribution is 2.27. The third-order valence-electron chi connectivity index (χ3n) is 5.82. The van der Waals surface area contributed by atoms with E-state index in [1.54, 1.807) is 6.92 Å². The number of aryl methyl sites for hydroxylation is 2. The van der Waals surface area contributed by atoms with Crippen LogP contribution >= 0.6 is 0 Å². The number of anilines is 1. The summed E-state index contributed by atoms with van der Waals surface area (Å²) in [6.45, 7) is 6.90. The summed E-state index contributed by atoms with van der Waals surface area (Å²) in [7, 11) is -3.60. The largest absolute Gasteiger partial charge is 0.341 e. The Hall–Kier alpha value is -2.34. The van der Waals surface area contributed by atoms with Crippen molar-refractivity contribution in [3.05, 3.63) is 65.2 Å². The lowest BCUT2D eigenvalue weighted by Crippen LogP contribution is -2.51. The fourth-order valence-electron chi connectivity index (χ4n) is 4.45. The molecular formula is C24H32N2O3S. The fraction of sp³-hybridized carbons (Fsp3) is 0.458. The van der Waals surface area contributed by atoms with Crippen LogP contribution in [0.4, 0.5) is 5.69 Å². The number of carbonyl (C=O) groups is 1. The average Bonchev–Trinajstić information content (AvgIpc) is 2.67. The smallest absolute Gasteiger partial charge is 0.246 e. The van der Waals surface area contributed by atoms with Crippen LogP contribution in [0, 0.1) is 19.8 Å². The second-order valence-corrected chi connectivity index (χ2v) is 10.4. The van der Waals surface area contributed by atoms with Gasteiger partial charge in [-0.3, -0.25) is 9.10 Å². The number of sulfonamides is 1. The van der Waals surface area contributed by atoms with Crippen LogP contribution in [-0.2, 0) is 21.2 Å². The summed E-state index contributed by atoms with van der Waals surface area (Å²) in [5, 5.41) is 0. The van der Waals surface area contributed by atoms with Crippen molar-refractivity contribution >= 4 is 21.6 Å². The molecule has 0 unspecified atom stereocenters. The van der Waals surface area contributed by atoms with Gasteiger partial charge in [-0.2, -0.15) is 0 Å². The highest BCUT2D eigenvalue weighted by Gasteiger charge is 2.33. The van der Waals surface area contributed by atoms with Gasteiger partial charge in [0.15, 0.2) is 0 Å².